The molecule has 0 aliphatic rings. The van der Waals surface area contributed by atoms with Crippen molar-refractivity contribution < 1.29 is 0 Å². The molecule has 0 aliphatic heterocycles. The van der Waals surface area contributed by atoms with Crippen molar-refractivity contribution in [1.29, 1.82) is 15.8 Å². The average Bonchev–Trinajstić information content (AvgIpc) is 3.41. The lowest BCUT2D eigenvalue weighted by atomic mass is 10.0. The molecule has 0 amide bonds. The summed E-state index contributed by atoms with van der Waals surface area (Å²) in [7, 11) is 0. The van der Waals surface area contributed by atoms with E-state index < -0.39 is 0 Å². The molecule has 0 saturated carbocycles. The highest BCUT2D eigenvalue weighted by Gasteiger charge is 2.22. The number of rotatable bonds is 4. The number of hydrogen-bond acceptors (Lipinski definition) is 6. The first-order chi connectivity index (χ1) is 21.2. The summed E-state index contributed by atoms with van der Waals surface area (Å²) in [5.74, 6) is 1.34. The molecule has 7 rings (SSSR count). The average molecular weight is 550 g/mol. The topological polar surface area (TPSA) is 115 Å². The number of benzene rings is 5. The van der Waals surface area contributed by atoms with Crippen molar-refractivity contribution in [3.63, 3.8) is 0 Å². The van der Waals surface area contributed by atoms with Crippen LogP contribution < -0.4 is 0 Å². The molecule has 7 heteroatoms. The smallest absolute Gasteiger partial charge is 0.167 e. The maximum atomic E-state index is 10.3. The molecular weight excluding hydrogens is 530 g/mol. The van der Waals surface area contributed by atoms with Gasteiger partial charge in [-0.1, -0.05) is 66.7 Å². The van der Waals surface area contributed by atoms with Crippen molar-refractivity contribution in [3.05, 3.63) is 132 Å². The summed E-state index contributed by atoms with van der Waals surface area (Å²) >= 11 is 0. The van der Waals surface area contributed by atoms with Gasteiger partial charge in [0.15, 0.2) is 17.5 Å². The first-order valence-corrected chi connectivity index (χ1v) is 13.5. The molecule has 0 atom stereocenters. The van der Waals surface area contributed by atoms with E-state index >= 15 is 0 Å². The van der Waals surface area contributed by atoms with Gasteiger partial charge in [0.1, 0.15) is 0 Å². The molecule has 7 aromatic rings. The fourth-order valence-electron chi connectivity index (χ4n) is 5.40. The number of nitrogens with zero attached hydrogens (tertiary/aromatic N) is 7. The minimum absolute atomic E-state index is 0.358. The predicted octanol–water partition coefficient (Wildman–Crippen LogP) is 7.58. The van der Waals surface area contributed by atoms with Gasteiger partial charge in [0.05, 0.1) is 57.2 Å². The molecule has 43 heavy (non-hydrogen) atoms. The van der Waals surface area contributed by atoms with E-state index in [1.54, 1.807) is 18.2 Å². The molecule has 0 N–H and O–H groups in total. The van der Waals surface area contributed by atoms with Gasteiger partial charge in [-0.3, -0.25) is 0 Å². The van der Waals surface area contributed by atoms with Gasteiger partial charge in [0.25, 0.3) is 0 Å². The van der Waals surface area contributed by atoms with Crippen LogP contribution in [0, 0.1) is 34.0 Å². The van der Waals surface area contributed by atoms with Gasteiger partial charge < -0.3 is 4.57 Å². The third-order valence-corrected chi connectivity index (χ3v) is 7.35. The van der Waals surface area contributed by atoms with Crippen molar-refractivity contribution in [1.82, 2.24) is 19.5 Å². The zero-order valence-corrected chi connectivity index (χ0v) is 22.6. The first kappa shape index (κ1) is 25.4. The van der Waals surface area contributed by atoms with Gasteiger partial charge in [-0.05, 0) is 48.5 Å². The Morgan fingerprint density at radius 3 is 1.49 bits per heavy atom. The third kappa shape index (κ3) is 4.33. The van der Waals surface area contributed by atoms with Crippen LogP contribution in [0.3, 0.4) is 0 Å². The van der Waals surface area contributed by atoms with Crippen LogP contribution in [0.15, 0.2) is 115 Å². The van der Waals surface area contributed by atoms with Crippen molar-refractivity contribution in [2.24, 2.45) is 0 Å². The van der Waals surface area contributed by atoms with Crippen molar-refractivity contribution in [2.75, 3.05) is 0 Å². The van der Waals surface area contributed by atoms with Gasteiger partial charge in [0.2, 0.25) is 0 Å². The molecule has 0 radical (unpaired) electrons. The number of aromatic nitrogens is 4. The third-order valence-electron chi connectivity index (χ3n) is 7.35. The molecule has 0 aliphatic carbocycles. The van der Waals surface area contributed by atoms with Gasteiger partial charge in [-0.2, -0.15) is 15.8 Å². The van der Waals surface area contributed by atoms with Crippen LogP contribution in [0.4, 0.5) is 0 Å². The zero-order chi connectivity index (χ0) is 29.3. The van der Waals surface area contributed by atoms with Crippen molar-refractivity contribution in [2.45, 2.75) is 0 Å². The molecule has 0 unspecified atom stereocenters. The molecule has 0 saturated heterocycles. The monoisotopic (exact) mass is 549 g/mol. The van der Waals surface area contributed by atoms with E-state index in [-0.39, 0.29) is 0 Å². The van der Waals surface area contributed by atoms with Crippen LogP contribution in [-0.4, -0.2) is 19.5 Å². The molecule has 5 aromatic carbocycles. The van der Waals surface area contributed by atoms with E-state index in [9.17, 15) is 15.8 Å². The molecule has 2 aromatic heterocycles. The molecule has 0 bridgehead atoms. The van der Waals surface area contributed by atoms with Crippen LogP contribution in [-0.2, 0) is 0 Å². The summed E-state index contributed by atoms with van der Waals surface area (Å²) in [5, 5.41) is 31.2. The Morgan fingerprint density at radius 1 is 0.488 bits per heavy atom. The van der Waals surface area contributed by atoms with Gasteiger partial charge in [-0.25, -0.2) is 15.0 Å². The zero-order valence-electron chi connectivity index (χ0n) is 22.6. The van der Waals surface area contributed by atoms with Crippen molar-refractivity contribution in [3.8, 4) is 58.1 Å². The van der Waals surface area contributed by atoms with E-state index in [0.717, 1.165) is 32.9 Å². The van der Waals surface area contributed by atoms with Crippen LogP contribution in [0.25, 0.3) is 61.7 Å². The number of hydrogen-bond donors (Lipinski definition) is 0. The van der Waals surface area contributed by atoms with Crippen LogP contribution in [0.1, 0.15) is 16.7 Å². The Balaban J connectivity index is 1.58. The highest BCUT2D eigenvalue weighted by atomic mass is 15.1. The molecule has 198 valence electrons. The number of nitriles is 3. The van der Waals surface area contributed by atoms with Crippen LogP contribution in [0.2, 0.25) is 0 Å². The lowest BCUT2D eigenvalue weighted by molar-refractivity contribution is 1.06. The summed E-state index contributed by atoms with van der Waals surface area (Å²) in [6.07, 6.45) is 0. The first-order valence-electron chi connectivity index (χ1n) is 13.5. The standard InChI is InChI=1S/C36H19N7/c37-20-23-14-16-30-28(18-23)29-19-24(21-38)15-17-31(29)43(30)32-13-7-12-27(22-39)33(32)36-41-34(25-8-3-1-4-9-25)40-35(42-36)26-10-5-2-6-11-26/h1-19H. The second kappa shape index (κ2) is 10.4. The lowest BCUT2D eigenvalue weighted by Gasteiger charge is -2.15. The number of fused-ring (bicyclic) bond motifs is 3. The SMILES string of the molecule is N#Cc1ccc2c(c1)c1cc(C#N)ccc1n2-c1cccc(C#N)c1-c1nc(-c2ccccc2)nc(-c2ccccc2)n1. The maximum Gasteiger partial charge on any atom is 0.167 e. The Labute approximate surface area is 246 Å². The summed E-state index contributed by atoms with van der Waals surface area (Å²) in [6, 6.07) is 42.6. The fourth-order valence-corrected chi connectivity index (χ4v) is 5.40. The quantitative estimate of drug-likeness (QED) is 0.223. The summed E-state index contributed by atoms with van der Waals surface area (Å²) in [4.78, 5) is 14.7. The highest BCUT2D eigenvalue weighted by molar-refractivity contribution is 6.10. The Kier molecular flexibility index (Phi) is 6.14. The highest BCUT2D eigenvalue weighted by Crippen LogP contribution is 2.38. The molecular formula is C36H19N7. The van der Waals surface area contributed by atoms with Gasteiger partial charge in [-0.15, -0.1) is 0 Å². The minimum Gasteiger partial charge on any atom is -0.308 e. The lowest BCUT2D eigenvalue weighted by Crippen LogP contribution is -2.05. The van der Waals surface area contributed by atoms with Gasteiger partial charge in [0, 0.05) is 21.9 Å². The van der Waals surface area contributed by atoms with Crippen molar-refractivity contribution >= 4 is 21.8 Å². The molecule has 0 spiro atoms. The van der Waals surface area contributed by atoms with E-state index in [0.29, 0.717) is 45.4 Å². The molecule has 7 nitrogen and oxygen atoms in total. The summed E-state index contributed by atoms with van der Waals surface area (Å²) < 4.78 is 2.04. The van der Waals surface area contributed by atoms with E-state index in [1.165, 1.54) is 0 Å². The molecule has 2 heterocycles. The van der Waals surface area contributed by atoms with E-state index in [1.807, 2.05) is 102 Å². The Bertz CT molecular complexity index is 2190. The minimum atomic E-state index is 0.358. The second-order valence-corrected chi connectivity index (χ2v) is 9.87. The Morgan fingerprint density at radius 2 is 1.00 bits per heavy atom. The second-order valence-electron chi connectivity index (χ2n) is 9.87. The van der Waals surface area contributed by atoms with E-state index in [2.05, 4.69) is 18.2 Å². The summed E-state index contributed by atoms with van der Waals surface area (Å²) in [6.45, 7) is 0. The summed E-state index contributed by atoms with van der Waals surface area (Å²) in [5.41, 5.74) is 5.95. The van der Waals surface area contributed by atoms with Gasteiger partial charge >= 0.3 is 0 Å². The predicted molar refractivity (Wildman–Crippen MR) is 165 cm³/mol. The maximum absolute atomic E-state index is 10.3. The Hall–Kier alpha value is -6.62. The fraction of sp³-hybridized carbons (Fsp3) is 0. The van der Waals surface area contributed by atoms with E-state index in [4.69, 9.17) is 15.0 Å². The normalized spacial score (nSPS) is 10.7. The van der Waals surface area contributed by atoms with Crippen LogP contribution >= 0.6 is 0 Å². The molecule has 0 fully saturated rings. The van der Waals surface area contributed by atoms with Crippen LogP contribution in [0.5, 0.6) is 0 Å². The largest absolute Gasteiger partial charge is 0.308 e.